The third-order valence-corrected chi connectivity index (χ3v) is 2.66. The Bertz CT molecular complexity index is 555. The van der Waals surface area contributed by atoms with Crippen molar-refractivity contribution >= 4 is 0 Å². The Morgan fingerprint density at radius 3 is 2.84 bits per heavy atom. The van der Waals surface area contributed by atoms with E-state index in [1.165, 1.54) is 6.07 Å². The first kappa shape index (κ1) is 13.5. The second kappa shape index (κ2) is 5.79. The van der Waals surface area contributed by atoms with Crippen LogP contribution in [0.5, 0.6) is 5.75 Å². The Kier molecular flexibility index (Phi) is 4.11. The monoisotopic (exact) mass is 265 g/mol. The van der Waals surface area contributed by atoms with E-state index in [0.29, 0.717) is 18.1 Å². The van der Waals surface area contributed by atoms with E-state index in [4.69, 9.17) is 15.0 Å². The van der Waals surface area contributed by atoms with Crippen LogP contribution in [0.15, 0.2) is 22.7 Å². The molecular formula is C13H16FN3O2. The van der Waals surface area contributed by atoms with Crippen molar-refractivity contribution in [1.29, 1.82) is 0 Å². The predicted molar refractivity (Wildman–Crippen MR) is 67.0 cm³/mol. The van der Waals surface area contributed by atoms with Gasteiger partial charge in [-0.25, -0.2) is 4.39 Å². The number of aromatic nitrogens is 2. The van der Waals surface area contributed by atoms with Gasteiger partial charge in [0.15, 0.2) is 24.0 Å². The predicted octanol–water partition coefficient (Wildman–Crippen LogP) is 2.37. The molecule has 6 heteroatoms. The van der Waals surface area contributed by atoms with Gasteiger partial charge in [0.1, 0.15) is 0 Å². The van der Waals surface area contributed by atoms with Gasteiger partial charge in [-0.1, -0.05) is 18.1 Å². The number of rotatable bonds is 5. The molecule has 1 atom stereocenters. The minimum Gasteiger partial charge on any atom is -0.481 e. The number of aryl methyl sites for hydroxylation is 1. The lowest BCUT2D eigenvalue weighted by molar-refractivity contribution is 0.234. The van der Waals surface area contributed by atoms with E-state index in [1.807, 2.05) is 6.92 Å². The second-order valence-electron chi connectivity index (χ2n) is 4.23. The molecule has 0 aliphatic heterocycles. The Morgan fingerprint density at radius 1 is 1.47 bits per heavy atom. The van der Waals surface area contributed by atoms with Crippen LogP contribution in [0, 0.1) is 5.82 Å². The van der Waals surface area contributed by atoms with E-state index in [-0.39, 0.29) is 18.4 Å². The van der Waals surface area contributed by atoms with Crippen molar-refractivity contribution in [2.24, 2.45) is 5.73 Å². The van der Waals surface area contributed by atoms with Crippen LogP contribution in [0.25, 0.3) is 0 Å². The molecule has 2 aromatic rings. The van der Waals surface area contributed by atoms with Crippen LogP contribution in [0.2, 0.25) is 0 Å². The Labute approximate surface area is 110 Å². The van der Waals surface area contributed by atoms with Crippen LogP contribution >= 0.6 is 0 Å². The summed E-state index contributed by atoms with van der Waals surface area (Å²) >= 11 is 0. The van der Waals surface area contributed by atoms with Gasteiger partial charge in [-0.05, 0) is 24.6 Å². The van der Waals surface area contributed by atoms with Crippen molar-refractivity contribution < 1.29 is 13.7 Å². The molecule has 0 bridgehead atoms. The lowest BCUT2D eigenvalue weighted by Gasteiger charge is -2.09. The number of benzene rings is 1. The molecule has 0 saturated carbocycles. The van der Waals surface area contributed by atoms with Crippen molar-refractivity contribution in [2.75, 3.05) is 0 Å². The molecule has 1 aromatic heterocycles. The second-order valence-corrected chi connectivity index (χ2v) is 4.23. The topological polar surface area (TPSA) is 74.2 Å². The maximum atomic E-state index is 13.7. The first-order chi connectivity index (χ1) is 9.10. The molecular weight excluding hydrogens is 249 g/mol. The van der Waals surface area contributed by atoms with Crippen molar-refractivity contribution in [1.82, 2.24) is 10.1 Å². The zero-order valence-corrected chi connectivity index (χ0v) is 10.9. The smallest absolute Gasteiger partial charge is 0.264 e. The van der Waals surface area contributed by atoms with Crippen LogP contribution in [0.4, 0.5) is 4.39 Å². The minimum absolute atomic E-state index is 0.0431. The number of halogens is 1. The van der Waals surface area contributed by atoms with Crippen molar-refractivity contribution in [3.8, 4) is 5.75 Å². The molecule has 2 N–H and O–H groups in total. The van der Waals surface area contributed by atoms with Gasteiger partial charge in [0, 0.05) is 12.5 Å². The summed E-state index contributed by atoms with van der Waals surface area (Å²) in [4.78, 5) is 4.07. The molecule has 5 nitrogen and oxygen atoms in total. The van der Waals surface area contributed by atoms with Crippen LogP contribution in [0.3, 0.4) is 0 Å². The fourth-order valence-electron chi connectivity index (χ4n) is 1.55. The highest BCUT2D eigenvalue weighted by molar-refractivity contribution is 5.30. The average Bonchev–Trinajstić information content (AvgIpc) is 2.85. The summed E-state index contributed by atoms with van der Waals surface area (Å²) in [6, 6.07) is 4.43. The van der Waals surface area contributed by atoms with Gasteiger partial charge in [-0.2, -0.15) is 4.98 Å². The Morgan fingerprint density at radius 2 is 2.26 bits per heavy atom. The number of ether oxygens (including phenoxy) is 1. The molecule has 1 heterocycles. The van der Waals surface area contributed by atoms with Gasteiger partial charge < -0.3 is 15.0 Å². The molecule has 0 aliphatic rings. The molecule has 102 valence electrons. The number of hydrogen-bond acceptors (Lipinski definition) is 5. The number of hydrogen-bond donors (Lipinski definition) is 1. The summed E-state index contributed by atoms with van der Waals surface area (Å²) in [5.41, 5.74) is 6.39. The zero-order chi connectivity index (χ0) is 13.8. The van der Waals surface area contributed by atoms with E-state index in [2.05, 4.69) is 10.1 Å². The molecule has 0 unspecified atom stereocenters. The summed E-state index contributed by atoms with van der Waals surface area (Å²) in [6.45, 7) is 3.75. The molecule has 0 aliphatic carbocycles. The van der Waals surface area contributed by atoms with Gasteiger partial charge in [0.05, 0.1) is 0 Å². The van der Waals surface area contributed by atoms with Gasteiger partial charge >= 0.3 is 0 Å². The van der Waals surface area contributed by atoms with Gasteiger partial charge in [0.2, 0.25) is 0 Å². The largest absolute Gasteiger partial charge is 0.481 e. The van der Waals surface area contributed by atoms with E-state index < -0.39 is 5.82 Å². The van der Waals surface area contributed by atoms with E-state index in [0.717, 1.165) is 5.56 Å². The lowest BCUT2D eigenvalue weighted by atomic mass is 10.1. The first-order valence-corrected chi connectivity index (χ1v) is 6.09. The Balaban J connectivity index is 2.03. The van der Waals surface area contributed by atoms with Gasteiger partial charge in [-0.3, -0.25) is 0 Å². The zero-order valence-electron chi connectivity index (χ0n) is 10.9. The summed E-state index contributed by atoms with van der Waals surface area (Å²) in [6.07, 6.45) is 0.681. The van der Waals surface area contributed by atoms with Crippen LogP contribution in [-0.2, 0) is 13.0 Å². The normalized spacial score (nSPS) is 12.4. The van der Waals surface area contributed by atoms with Crippen molar-refractivity contribution in [2.45, 2.75) is 32.9 Å². The van der Waals surface area contributed by atoms with Crippen molar-refractivity contribution in [3.05, 3.63) is 41.3 Å². The fraction of sp³-hybridized carbons (Fsp3) is 0.385. The molecule has 1 aromatic carbocycles. The third kappa shape index (κ3) is 3.29. The van der Waals surface area contributed by atoms with E-state index in [9.17, 15) is 4.39 Å². The number of nitrogens with two attached hydrogens (primary N) is 1. The maximum Gasteiger partial charge on any atom is 0.264 e. The lowest BCUT2D eigenvalue weighted by Crippen LogP contribution is -2.06. The highest BCUT2D eigenvalue weighted by atomic mass is 19.1. The highest BCUT2D eigenvalue weighted by Gasteiger charge is 2.10. The van der Waals surface area contributed by atoms with Crippen LogP contribution < -0.4 is 10.5 Å². The first-order valence-electron chi connectivity index (χ1n) is 6.09. The molecule has 0 radical (unpaired) electrons. The molecule has 19 heavy (non-hydrogen) atoms. The van der Waals surface area contributed by atoms with Crippen LogP contribution in [0.1, 0.15) is 37.2 Å². The average molecular weight is 265 g/mol. The SMILES string of the molecule is CCc1noc(COc2ccc([C@H](C)N)cc2F)n1. The summed E-state index contributed by atoms with van der Waals surface area (Å²) in [5, 5.41) is 3.73. The molecule has 0 amide bonds. The van der Waals surface area contributed by atoms with E-state index >= 15 is 0 Å². The summed E-state index contributed by atoms with van der Waals surface area (Å²) in [7, 11) is 0. The van der Waals surface area contributed by atoms with E-state index in [1.54, 1.807) is 19.1 Å². The summed E-state index contributed by atoms with van der Waals surface area (Å²) in [5.74, 6) is 0.615. The standard InChI is InChI=1S/C13H16FN3O2/c1-3-12-16-13(19-17-12)7-18-11-5-4-9(8(2)15)6-10(11)14/h4-6,8H,3,7,15H2,1-2H3/t8-/m0/s1. The highest BCUT2D eigenvalue weighted by Crippen LogP contribution is 2.21. The van der Waals surface area contributed by atoms with Gasteiger partial charge in [-0.15, -0.1) is 0 Å². The third-order valence-electron chi connectivity index (χ3n) is 2.66. The maximum absolute atomic E-state index is 13.7. The van der Waals surface area contributed by atoms with Crippen LogP contribution in [-0.4, -0.2) is 10.1 Å². The van der Waals surface area contributed by atoms with Crippen molar-refractivity contribution in [3.63, 3.8) is 0 Å². The quantitative estimate of drug-likeness (QED) is 0.898. The minimum atomic E-state index is -0.454. The Hall–Kier alpha value is -1.95. The molecule has 0 fully saturated rings. The molecule has 0 saturated heterocycles. The number of nitrogens with zero attached hydrogens (tertiary/aromatic N) is 2. The summed E-state index contributed by atoms with van der Waals surface area (Å²) < 4.78 is 24.0. The molecule has 0 spiro atoms. The molecule has 2 rings (SSSR count). The fourth-order valence-corrected chi connectivity index (χ4v) is 1.55. The van der Waals surface area contributed by atoms with Gasteiger partial charge in [0.25, 0.3) is 5.89 Å².